The van der Waals surface area contributed by atoms with Gasteiger partial charge in [-0.05, 0) is 49.5 Å². The van der Waals surface area contributed by atoms with Gasteiger partial charge < -0.3 is 15.4 Å². The van der Waals surface area contributed by atoms with E-state index in [2.05, 4.69) is 10.6 Å². The summed E-state index contributed by atoms with van der Waals surface area (Å²) in [5.74, 6) is 1.57. The van der Waals surface area contributed by atoms with E-state index < -0.39 is 0 Å². The van der Waals surface area contributed by atoms with Crippen molar-refractivity contribution in [3.8, 4) is 5.75 Å². The van der Waals surface area contributed by atoms with E-state index in [4.69, 9.17) is 4.74 Å². The van der Waals surface area contributed by atoms with Crippen molar-refractivity contribution < 1.29 is 9.53 Å². The van der Waals surface area contributed by atoms with Gasteiger partial charge in [0.15, 0.2) is 0 Å². The average Bonchev–Trinajstić information content (AvgIpc) is 2.96. The van der Waals surface area contributed by atoms with Crippen LogP contribution >= 0.6 is 0 Å². The van der Waals surface area contributed by atoms with Gasteiger partial charge in [-0.25, -0.2) is 0 Å². The van der Waals surface area contributed by atoms with Crippen LogP contribution < -0.4 is 15.4 Å². The molecule has 0 aliphatic carbocycles. The quantitative estimate of drug-likeness (QED) is 0.813. The zero-order valence-corrected chi connectivity index (χ0v) is 11.4. The summed E-state index contributed by atoms with van der Waals surface area (Å²) in [4.78, 5) is 11.8. The van der Waals surface area contributed by atoms with Gasteiger partial charge in [0.2, 0.25) is 5.91 Å². The van der Waals surface area contributed by atoms with Crippen LogP contribution in [0.1, 0.15) is 18.4 Å². The summed E-state index contributed by atoms with van der Waals surface area (Å²) < 4.78 is 5.17. The first-order valence-corrected chi connectivity index (χ1v) is 6.88. The summed E-state index contributed by atoms with van der Waals surface area (Å²) in [6.07, 6.45) is 2.45. The van der Waals surface area contributed by atoms with Crippen LogP contribution in [0.15, 0.2) is 24.3 Å². The molecule has 1 heterocycles. The first-order valence-electron chi connectivity index (χ1n) is 6.88. The number of hydrogen-bond donors (Lipinski definition) is 2. The summed E-state index contributed by atoms with van der Waals surface area (Å²) in [5.41, 5.74) is 1.14. The second kappa shape index (κ2) is 7.14. The third-order valence-corrected chi connectivity index (χ3v) is 3.53. The van der Waals surface area contributed by atoms with Gasteiger partial charge in [-0.2, -0.15) is 0 Å². The summed E-state index contributed by atoms with van der Waals surface area (Å²) in [6.45, 7) is 2.89. The highest BCUT2D eigenvalue weighted by Crippen LogP contribution is 2.13. The van der Waals surface area contributed by atoms with Gasteiger partial charge in [-0.1, -0.05) is 12.1 Å². The van der Waals surface area contributed by atoms with Gasteiger partial charge in [-0.3, -0.25) is 4.79 Å². The largest absolute Gasteiger partial charge is 0.497 e. The fourth-order valence-electron chi connectivity index (χ4n) is 2.32. The van der Waals surface area contributed by atoms with E-state index in [9.17, 15) is 4.79 Å². The number of hydrogen-bond acceptors (Lipinski definition) is 3. The van der Waals surface area contributed by atoms with Crippen molar-refractivity contribution in [1.82, 2.24) is 10.6 Å². The third-order valence-electron chi connectivity index (χ3n) is 3.53. The van der Waals surface area contributed by atoms with Crippen LogP contribution in [0.4, 0.5) is 0 Å². The molecule has 2 rings (SSSR count). The number of aryl methyl sites for hydroxylation is 1. The minimum Gasteiger partial charge on any atom is -0.497 e. The summed E-state index contributed by atoms with van der Waals surface area (Å²) >= 11 is 0. The van der Waals surface area contributed by atoms with E-state index in [1.807, 2.05) is 24.3 Å². The van der Waals surface area contributed by atoms with Crippen molar-refractivity contribution in [3.63, 3.8) is 0 Å². The van der Waals surface area contributed by atoms with Crippen molar-refractivity contribution in [2.24, 2.45) is 5.92 Å². The van der Waals surface area contributed by atoms with E-state index in [1.165, 1.54) is 0 Å². The Hall–Kier alpha value is -1.55. The van der Waals surface area contributed by atoms with Gasteiger partial charge in [0.25, 0.3) is 0 Å². The van der Waals surface area contributed by atoms with Crippen molar-refractivity contribution in [3.05, 3.63) is 29.8 Å². The van der Waals surface area contributed by atoms with Gasteiger partial charge in [-0.15, -0.1) is 0 Å². The zero-order valence-electron chi connectivity index (χ0n) is 11.4. The SMILES string of the molecule is COc1cccc(CCC(=O)NCC2CCNC2)c1. The van der Waals surface area contributed by atoms with Gasteiger partial charge in [0, 0.05) is 13.0 Å². The molecule has 2 N–H and O–H groups in total. The Morgan fingerprint density at radius 3 is 3.16 bits per heavy atom. The van der Waals surface area contributed by atoms with Crippen LogP contribution in [0.25, 0.3) is 0 Å². The molecular formula is C15H22N2O2. The molecule has 19 heavy (non-hydrogen) atoms. The maximum absolute atomic E-state index is 11.8. The molecule has 0 bridgehead atoms. The standard InChI is InChI=1S/C15H22N2O2/c1-19-14-4-2-3-12(9-14)5-6-15(18)17-11-13-7-8-16-10-13/h2-4,9,13,16H,5-8,10-11H2,1H3,(H,17,18). The molecule has 0 saturated carbocycles. The molecule has 0 aromatic heterocycles. The van der Waals surface area contributed by atoms with Crippen molar-refractivity contribution in [1.29, 1.82) is 0 Å². The van der Waals surface area contributed by atoms with Crippen molar-refractivity contribution >= 4 is 5.91 Å². The first kappa shape index (κ1) is 13.9. The topological polar surface area (TPSA) is 50.4 Å². The number of nitrogens with one attached hydrogen (secondary N) is 2. The Morgan fingerprint density at radius 1 is 1.53 bits per heavy atom. The normalized spacial score (nSPS) is 18.3. The number of ether oxygens (including phenoxy) is 1. The molecule has 1 saturated heterocycles. The predicted molar refractivity (Wildman–Crippen MR) is 75.3 cm³/mol. The molecule has 1 amide bonds. The second-order valence-corrected chi connectivity index (χ2v) is 5.01. The number of carbonyl (C=O) groups excluding carboxylic acids is 1. The van der Waals surface area contributed by atoms with Gasteiger partial charge in [0.05, 0.1) is 7.11 Å². The highest BCUT2D eigenvalue weighted by molar-refractivity contribution is 5.76. The molecule has 0 spiro atoms. The Labute approximate surface area is 114 Å². The number of benzene rings is 1. The van der Waals surface area contributed by atoms with E-state index in [0.29, 0.717) is 12.3 Å². The molecule has 104 valence electrons. The summed E-state index contributed by atoms with van der Waals surface area (Å²) in [6, 6.07) is 7.87. The monoisotopic (exact) mass is 262 g/mol. The maximum atomic E-state index is 11.8. The highest BCUT2D eigenvalue weighted by Gasteiger charge is 2.14. The molecular weight excluding hydrogens is 240 g/mol. The molecule has 0 radical (unpaired) electrons. The van der Waals surface area contributed by atoms with Gasteiger partial charge >= 0.3 is 0 Å². The van der Waals surface area contributed by atoms with E-state index >= 15 is 0 Å². The van der Waals surface area contributed by atoms with E-state index in [-0.39, 0.29) is 5.91 Å². The minimum atomic E-state index is 0.134. The molecule has 4 heteroatoms. The van der Waals surface area contributed by atoms with Crippen LogP contribution in [0.5, 0.6) is 5.75 Å². The molecule has 1 aliphatic heterocycles. The lowest BCUT2D eigenvalue weighted by Crippen LogP contribution is -2.30. The lowest BCUT2D eigenvalue weighted by Gasteiger charge is -2.10. The average molecular weight is 262 g/mol. The molecule has 1 aromatic carbocycles. The second-order valence-electron chi connectivity index (χ2n) is 5.01. The van der Waals surface area contributed by atoms with Crippen LogP contribution in [0, 0.1) is 5.92 Å². The maximum Gasteiger partial charge on any atom is 0.220 e. The Morgan fingerprint density at radius 2 is 2.42 bits per heavy atom. The number of amides is 1. The van der Waals surface area contributed by atoms with Crippen molar-refractivity contribution in [2.75, 3.05) is 26.7 Å². The Balaban J connectivity index is 1.70. The molecule has 1 aliphatic rings. The molecule has 1 aromatic rings. The zero-order chi connectivity index (χ0) is 13.5. The molecule has 1 fully saturated rings. The fourth-order valence-corrected chi connectivity index (χ4v) is 2.32. The number of rotatable bonds is 6. The molecule has 1 atom stereocenters. The van der Waals surface area contributed by atoms with Crippen LogP contribution in [0.2, 0.25) is 0 Å². The van der Waals surface area contributed by atoms with E-state index in [0.717, 1.165) is 43.8 Å². The third kappa shape index (κ3) is 4.56. The summed E-state index contributed by atoms with van der Waals surface area (Å²) in [5, 5.41) is 6.31. The fraction of sp³-hybridized carbons (Fsp3) is 0.533. The minimum absolute atomic E-state index is 0.134. The van der Waals surface area contributed by atoms with Crippen LogP contribution in [0.3, 0.4) is 0 Å². The molecule has 1 unspecified atom stereocenters. The Kier molecular flexibility index (Phi) is 5.21. The van der Waals surface area contributed by atoms with Crippen LogP contribution in [-0.2, 0) is 11.2 Å². The van der Waals surface area contributed by atoms with Gasteiger partial charge in [0.1, 0.15) is 5.75 Å². The lowest BCUT2D eigenvalue weighted by molar-refractivity contribution is -0.121. The van der Waals surface area contributed by atoms with Crippen LogP contribution in [-0.4, -0.2) is 32.7 Å². The Bertz CT molecular complexity index is 414. The highest BCUT2D eigenvalue weighted by atomic mass is 16.5. The smallest absolute Gasteiger partial charge is 0.220 e. The van der Waals surface area contributed by atoms with E-state index in [1.54, 1.807) is 7.11 Å². The summed E-state index contributed by atoms with van der Waals surface area (Å²) in [7, 11) is 1.65. The number of methoxy groups -OCH3 is 1. The van der Waals surface area contributed by atoms with Crippen molar-refractivity contribution in [2.45, 2.75) is 19.3 Å². The number of carbonyl (C=O) groups is 1. The molecule has 4 nitrogen and oxygen atoms in total. The lowest BCUT2D eigenvalue weighted by atomic mass is 10.1. The predicted octanol–water partition coefficient (Wildman–Crippen LogP) is 1.35. The first-order chi connectivity index (χ1) is 9.28.